The summed E-state index contributed by atoms with van der Waals surface area (Å²) in [4.78, 5) is 12.4. The lowest BCUT2D eigenvalue weighted by Crippen LogP contribution is -2.30. The van der Waals surface area contributed by atoms with Gasteiger partial charge in [-0.2, -0.15) is 0 Å². The molecule has 6 nitrogen and oxygen atoms in total. The van der Waals surface area contributed by atoms with Crippen LogP contribution < -0.4 is 25.8 Å². The number of hydrogen-bond acceptors (Lipinski definition) is 5. The van der Waals surface area contributed by atoms with Crippen LogP contribution in [0, 0.1) is 0 Å². The highest BCUT2D eigenvalue weighted by molar-refractivity contribution is 7.99. The van der Waals surface area contributed by atoms with E-state index in [1.807, 2.05) is 30.3 Å². The Hall–Kier alpha value is -2.74. The largest absolute Gasteiger partial charge is 0.497 e. The first-order chi connectivity index (χ1) is 15.9. The van der Waals surface area contributed by atoms with Gasteiger partial charge in [0.25, 0.3) is 0 Å². The van der Waals surface area contributed by atoms with Crippen LogP contribution in [0.25, 0.3) is 0 Å². The molecule has 0 heterocycles. The Morgan fingerprint density at radius 2 is 1.82 bits per heavy atom. The highest BCUT2D eigenvalue weighted by Gasteiger charge is 2.20. The first-order valence-electron chi connectivity index (χ1n) is 10.1. The van der Waals surface area contributed by atoms with Gasteiger partial charge < -0.3 is 25.8 Å². The predicted molar refractivity (Wildman–Crippen MR) is 138 cm³/mol. The van der Waals surface area contributed by atoms with E-state index in [1.165, 1.54) is 7.11 Å². The van der Waals surface area contributed by atoms with Gasteiger partial charge in [0, 0.05) is 34.1 Å². The molecule has 0 spiro atoms. The van der Waals surface area contributed by atoms with Crippen LogP contribution in [-0.2, 0) is 0 Å². The molecule has 3 rings (SSSR count). The zero-order valence-corrected chi connectivity index (χ0v) is 20.6. The van der Waals surface area contributed by atoms with Gasteiger partial charge in [0.2, 0.25) is 0 Å². The lowest BCUT2D eigenvalue weighted by atomic mass is 10.0. The van der Waals surface area contributed by atoms with Crippen LogP contribution in [0.3, 0.4) is 0 Å². The summed E-state index contributed by atoms with van der Waals surface area (Å²) in [6.07, 6.45) is 0. The number of methoxy groups -OCH3 is 2. The Labute approximate surface area is 207 Å². The summed E-state index contributed by atoms with van der Waals surface area (Å²) in [7, 11) is 3.10. The van der Waals surface area contributed by atoms with Crippen molar-refractivity contribution in [3.8, 4) is 11.5 Å². The molecular formula is C24H25Cl2N3O3S. The summed E-state index contributed by atoms with van der Waals surface area (Å²) in [6, 6.07) is 17.9. The number of anilines is 2. The zero-order chi connectivity index (χ0) is 23.8. The number of ether oxygens (including phenoxy) is 2. The van der Waals surface area contributed by atoms with Crippen molar-refractivity contribution in [3.63, 3.8) is 0 Å². The molecule has 0 aliphatic carbocycles. The van der Waals surface area contributed by atoms with Crippen LogP contribution in [0.1, 0.15) is 16.4 Å². The van der Waals surface area contributed by atoms with Crippen molar-refractivity contribution in [3.05, 3.63) is 81.8 Å². The van der Waals surface area contributed by atoms with Gasteiger partial charge in [-0.25, -0.2) is 4.79 Å². The quantitative estimate of drug-likeness (QED) is 0.236. The van der Waals surface area contributed by atoms with Crippen molar-refractivity contribution >= 4 is 52.4 Å². The molecule has 33 heavy (non-hydrogen) atoms. The van der Waals surface area contributed by atoms with Gasteiger partial charge in [-0.1, -0.05) is 41.4 Å². The molecule has 4 N–H and O–H groups in total. The van der Waals surface area contributed by atoms with Crippen LogP contribution in [0.2, 0.25) is 10.0 Å². The standard InChI is InChI=1S/C24H25Cl2N3O3S/c1-31-16-8-10-21(22(14-16)32-2)29-24(30)28-11-12-33-23(17-5-3-4-6-19(17)26)18-13-15(25)7-9-20(18)27/h3-10,13-14,23H,11-12,27H2,1-2H3,(H2,28,29,30). The third kappa shape index (κ3) is 6.63. The number of amides is 2. The lowest BCUT2D eigenvalue weighted by Gasteiger charge is -2.21. The second kappa shape index (κ2) is 11.9. The second-order valence-corrected chi connectivity index (χ2v) is 9.05. The Bertz CT molecular complexity index is 1110. The molecular weight excluding hydrogens is 481 g/mol. The van der Waals surface area contributed by atoms with Gasteiger partial charge >= 0.3 is 6.03 Å². The summed E-state index contributed by atoms with van der Waals surface area (Å²) in [5.41, 5.74) is 9.25. The van der Waals surface area contributed by atoms with E-state index >= 15 is 0 Å². The first-order valence-corrected chi connectivity index (χ1v) is 11.9. The van der Waals surface area contributed by atoms with E-state index in [9.17, 15) is 4.79 Å². The van der Waals surface area contributed by atoms with Crippen LogP contribution in [0.4, 0.5) is 16.2 Å². The van der Waals surface area contributed by atoms with Crippen molar-refractivity contribution in [2.24, 2.45) is 0 Å². The molecule has 0 saturated heterocycles. The van der Waals surface area contributed by atoms with E-state index in [4.69, 9.17) is 38.4 Å². The molecule has 2 amide bonds. The monoisotopic (exact) mass is 505 g/mol. The van der Waals surface area contributed by atoms with E-state index in [0.29, 0.717) is 45.2 Å². The molecule has 0 radical (unpaired) electrons. The minimum atomic E-state index is -0.337. The highest BCUT2D eigenvalue weighted by Crippen LogP contribution is 2.42. The Morgan fingerprint density at radius 1 is 1.03 bits per heavy atom. The third-order valence-electron chi connectivity index (χ3n) is 4.85. The average molecular weight is 506 g/mol. The maximum atomic E-state index is 12.4. The number of halogens is 2. The van der Waals surface area contributed by atoms with Crippen molar-refractivity contribution in [1.29, 1.82) is 0 Å². The molecule has 9 heteroatoms. The topological polar surface area (TPSA) is 85.6 Å². The van der Waals surface area contributed by atoms with Crippen LogP contribution in [-0.4, -0.2) is 32.5 Å². The number of carbonyl (C=O) groups excluding carboxylic acids is 1. The number of benzene rings is 3. The molecule has 0 aliphatic rings. The molecule has 0 fully saturated rings. The van der Waals surface area contributed by atoms with Crippen LogP contribution in [0.15, 0.2) is 60.7 Å². The van der Waals surface area contributed by atoms with E-state index in [-0.39, 0.29) is 11.3 Å². The second-order valence-electron chi connectivity index (χ2n) is 6.99. The summed E-state index contributed by atoms with van der Waals surface area (Å²) in [5, 5.41) is 6.76. The van der Waals surface area contributed by atoms with Gasteiger partial charge in [0.15, 0.2) is 0 Å². The summed E-state index contributed by atoms with van der Waals surface area (Å²) in [6.45, 7) is 0.427. The number of rotatable bonds is 9. The van der Waals surface area contributed by atoms with Crippen molar-refractivity contribution in [2.45, 2.75) is 5.25 Å². The Morgan fingerprint density at radius 3 is 2.55 bits per heavy atom. The molecule has 0 bridgehead atoms. The maximum Gasteiger partial charge on any atom is 0.319 e. The molecule has 1 unspecified atom stereocenters. The van der Waals surface area contributed by atoms with Crippen molar-refractivity contribution in [2.75, 3.05) is 37.6 Å². The van der Waals surface area contributed by atoms with E-state index in [1.54, 1.807) is 49.2 Å². The van der Waals surface area contributed by atoms with Crippen LogP contribution in [0.5, 0.6) is 11.5 Å². The van der Waals surface area contributed by atoms with Crippen molar-refractivity contribution in [1.82, 2.24) is 5.32 Å². The predicted octanol–water partition coefficient (Wildman–Crippen LogP) is 6.24. The summed E-state index contributed by atoms with van der Waals surface area (Å²) < 4.78 is 10.5. The fourth-order valence-electron chi connectivity index (χ4n) is 3.22. The lowest BCUT2D eigenvalue weighted by molar-refractivity contribution is 0.252. The number of nitrogen functional groups attached to an aromatic ring is 1. The number of hydrogen-bond donors (Lipinski definition) is 3. The van der Waals surface area contributed by atoms with Gasteiger partial charge in [-0.05, 0) is 47.5 Å². The molecule has 3 aromatic rings. The highest BCUT2D eigenvalue weighted by atomic mass is 35.5. The van der Waals surface area contributed by atoms with E-state index < -0.39 is 0 Å². The van der Waals surface area contributed by atoms with Gasteiger partial charge in [0.05, 0.1) is 25.2 Å². The molecule has 174 valence electrons. The molecule has 0 aliphatic heterocycles. The normalized spacial score (nSPS) is 11.5. The van der Waals surface area contributed by atoms with Gasteiger partial charge in [0.1, 0.15) is 11.5 Å². The van der Waals surface area contributed by atoms with Crippen LogP contribution >= 0.6 is 35.0 Å². The zero-order valence-electron chi connectivity index (χ0n) is 18.2. The summed E-state index contributed by atoms with van der Waals surface area (Å²) in [5.74, 6) is 1.77. The fourth-order valence-corrected chi connectivity index (χ4v) is 4.93. The molecule has 0 aromatic heterocycles. The van der Waals surface area contributed by atoms with Gasteiger partial charge in [-0.15, -0.1) is 11.8 Å². The smallest absolute Gasteiger partial charge is 0.319 e. The van der Waals surface area contributed by atoms with E-state index in [0.717, 1.165) is 11.1 Å². The minimum Gasteiger partial charge on any atom is -0.497 e. The molecule has 1 atom stereocenters. The van der Waals surface area contributed by atoms with E-state index in [2.05, 4.69) is 10.6 Å². The number of carbonyl (C=O) groups is 1. The SMILES string of the molecule is COc1ccc(NC(=O)NCCSC(c2cc(Cl)ccc2N)c2ccccc2Cl)c(OC)c1. The number of urea groups is 1. The first kappa shape index (κ1) is 24.9. The average Bonchev–Trinajstić information content (AvgIpc) is 2.82. The Kier molecular flexibility index (Phi) is 9.00. The molecule has 3 aromatic carbocycles. The summed E-state index contributed by atoms with van der Waals surface area (Å²) >= 11 is 14.3. The molecule has 0 saturated carbocycles. The minimum absolute atomic E-state index is 0.135. The maximum absolute atomic E-state index is 12.4. The number of thioether (sulfide) groups is 1. The third-order valence-corrected chi connectivity index (χ3v) is 6.71. The van der Waals surface area contributed by atoms with Gasteiger partial charge in [-0.3, -0.25) is 0 Å². The Balaban J connectivity index is 1.64. The number of nitrogens with one attached hydrogen (secondary N) is 2. The number of nitrogens with two attached hydrogens (primary N) is 1. The fraction of sp³-hybridized carbons (Fsp3) is 0.208. The van der Waals surface area contributed by atoms with Crippen molar-refractivity contribution < 1.29 is 14.3 Å².